The van der Waals surface area contributed by atoms with E-state index in [1.165, 1.54) is 0 Å². The second-order valence-electron chi connectivity index (χ2n) is 4.22. The molecule has 0 radical (unpaired) electrons. The molecule has 0 aliphatic carbocycles. The van der Waals surface area contributed by atoms with Crippen molar-refractivity contribution in [3.63, 3.8) is 0 Å². The molecule has 0 aliphatic heterocycles. The van der Waals surface area contributed by atoms with Crippen molar-refractivity contribution < 1.29 is 10.2 Å². The minimum absolute atomic E-state index is 0.0431. The van der Waals surface area contributed by atoms with Crippen LogP contribution in [0.5, 0.6) is 5.75 Å². The highest BCUT2D eigenvalue weighted by molar-refractivity contribution is 5.96. The van der Waals surface area contributed by atoms with Gasteiger partial charge in [-0.2, -0.15) is 0 Å². The first kappa shape index (κ1) is 10.9. The van der Waals surface area contributed by atoms with E-state index in [1.807, 2.05) is 42.6 Å². The molecule has 0 amide bonds. The summed E-state index contributed by atoms with van der Waals surface area (Å²) in [5.74, 6) is 0.254. The Hall–Kier alpha value is -2.26. The molecule has 0 saturated carbocycles. The van der Waals surface area contributed by atoms with Crippen molar-refractivity contribution in [2.45, 2.75) is 6.73 Å². The molecular formula is C15H13NO2. The molecule has 18 heavy (non-hydrogen) atoms. The van der Waals surface area contributed by atoms with Crippen LogP contribution >= 0.6 is 0 Å². The maximum atomic E-state index is 9.36. The lowest BCUT2D eigenvalue weighted by molar-refractivity contribution is 0.215. The summed E-state index contributed by atoms with van der Waals surface area (Å²) in [6.07, 6.45) is 1.93. The summed E-state index contributed by atoms with van der Waals surface area (Å²) < 4.78 is 1.80. The van der Waals surface area contributed by atoms with E-state index in [0.717, 1.165) is 22.0 Å². The van der Waals surface area contributed by atoms with Crippen molar-refractivity contribution in [3.8, 4) is 16.9 Å². The van der Waals surface area contributed by atoms with Gasteiger partial charge in [0.05, 0.1) is 5.52 Å². The second-order valence-corrected chi connectivity index (χ2v) is 4.22. The number of aromatic hydroxyl groups is 1. The molecule has 0 bridgehead atoms. The van der Waals surface area contributed by atoms with Crippen LogP contribution in [0.25, 0.3) is 22.0 Å². The second kappa shape index (κ2) is 4.20. The number of rotatable bonds is 2. The number of fused-ring (bicyclic) bond motifs is 1. The predicted octanol–water partition coefficient (Wildman–Crippen LogP) is 2.96. The van der Waals surface area contributed by atoms with Gasteiger partial charge >= 0.3 is 0 Å². The summed E-state index contributed by atoms with van der Waals surface area (Å²) in [6, 6.07) is 15.0. The monoisotopic (exact) mass is 239 g/mol. The molecule has 0 unspecified atom stereocenters. The number of aliphatic hydroxyl groups excluding tert-OH is 1. The highest BCUT2D eigenvalue weighted by Gasteiger charge is 2.08. The SMILES string of the molecule is OCn1cc(-c2ccc(O)cc2)c2ccccc21. The fourth-order valence-corrected chi connectivity index (χ4v) is 2.23. The van der Waals surface area contributed by atoms with Crippen LogP contribution in [0, 0.1) is 0 Å². The lowest BCUT2D eigenvalue weighted by Crippen LogP contribution is -1.92. The highest BCUT2D eigenvalue weighted by atomic mass is 16.3. The van der Waals surface area contributed by atoms with Crippen molar-refractivity contribution in [1.29, 1.82) is 0 Å². The lowest BCUT2D eigenvalue weighted by Gasteiger charge is -1.99. The molecule has 2 N–H and O–H groups in total. The summed E-state index contributed by atoms with van der Waals surface area (Å²) in [7, 11) is 0. The van der Waals surface area contributed by atoms with Crippen LogP contribution in [0.15, 0.2) is 54.7 Å². The molecule has 1 heterocycles. The van der Waals surface area contributed by atoms with Crippen LogP contribution in [0.4, 0.5) is 0 Å². The molecule has 90 valence electrons. The van der Waals surface area contributed by atoms with Crippen molar-refractivity contribution in [1.82, 2.24) is 4.57 Å². The normalized spacial score (nSPS) is 10.9. The number of nitrogens with zero attached hydrogens (tertiary/aromatic N) is 1. The van der Waals surface area contributed by atoms with Gasteiger partial charge in [0.25, 0.3) is 0 Å². The molecule has 3 rings (SSSR count). The van der Waals surface area contributed by atoms with Gasteiger partial charge in [0.15, 0.2) is 0 Å². The van der Waals surface area contributed by atoms with E-state index in [0.29, 0.717) is 0 Å². The lowest BCUT2D eigenvalue weighted by atomic mass is 10.1. The van der Waals surface area contributed by atoms with Crippen LogP contribution in [0.2, 0.25) is 0 Å². The molecule has 3 heteroatoms. The zero-order valence-corrected chi connectivity index (χ0v) is 9.74. The number of phenolic OH excluding ortho intramolecular Hbond substituents is 1. The molecule has 0 aliphatic rings. The Morgan fingerprint density at radius 3 is 2.39 bits per heavy atom. The minimum Gasteiger partial charge on any atom is -0.508 e. The number of para-hydroxylation sites is 1. The third-order valence-corrected chi connectivity index (χ3v) is 3.12. The van der Waals surface area contributed by atoms with Gasteiger partial charge in [-0.25, -0.2) is 0 Å². The van der Waals surface area contributed by atoms with E-state index in [4.69, 9.17) is 0 Å². The zero-order chi connectivity index (χ0) is 12.5. The third-order valence-electron chi connectivity index (χ3n) is 3.12. The van der Waals surface area contributed by atoms with Crippen LogP contribution in [0.1, 0.15) is 0 Å². The molecule has 1 aromatic heterocycles. The Balaban J connectivity index is 2.26. The number of hydrogen-bond acceptors (Lipinski definition) is 2. The first-order valence-corrected chi connectivity index (χ1v) is 5.78. The van der Waals surface area contributed by atoms with Gasteiger partial charge in [-0.1, -0.05) is 30.3 Å². The van der Waals surface area contributed by atoms with E-state index in [-0.39, 0.29) is 12.5 Å². The average Bonchev–Trinajstić information content (AvgIpc) is 2.79. The molecule has 2 aromatic carbocycles. The third kappa shape index (κ3) is 1.65. The smallest absolute Gasteiger partial charge is 0.119 e. The Labute approximate surface area is 105 Å². The van der Waals surface area contributed by atoms with Gasteiger partial charge in [-0.05, 0) is 23.8 Å². The van der Waals surface area contributed by atoms with E-state index in [9.17, 15) is 10.2 Å². The van der Waals surface area contributed by atoms with Gasteiger partial charge in [0, 0.05) is 17.1 Å². The van der Waals surface area contributed by atoms with Gasteiger partial charge in [0.2, 0.25) is 0 Å². The van der Waals surface area contributed by atoms with Crippen molar-refractivity contribution >= 4 is 10.9 Å². The van der Waals surface area contributed by atoms with Crippen LogP contribution in [0.3, 0.4) is 0 Å². The minimum atomic E-state index is -0.0431. The molecule has 0 spiro atoms. The summed E-state index contributed by atoms with van der Waals surface area (Å²) >= 11 is 0. The summed E-state index contributed by atoms with van der Waals surface area (Å²) in [5, 5.41) is 19.8. The molecular weight excluding hydrogens is 226 g/mol. The van der Waals surface area contributed by atoms with Crippen molar-refractivity contribution in [2.24, 2.45) is 0 Å². The van der Waals surface area contributed by atoms with Gasteiger partial charge in [0.1, 0.15) is 12.5 Å². The Morgan fingerprint density at radius 1 is 0.944 bits per heavy atom. The molecule has 0 saturated heterocycles. The summed E-state index contributed by atoms with van der Waals surface area (Å²) in [6.45, 7) is -0.0431. The average molecular weight is 239 g/mol. The maximum absolute atomic E-state index is 9.36. The van der Waals surface area contributed by atoms with Crippen molar-refractivity contribution in [3.05, 3.63) is 54.7 Å². The number of hydrogen-bond donors (Lipinski definition) is 2. The van der Waals surface area contributed by atoms with Crippen LogP contribution < -0.4 is 0 Å². The predicted molar refractivity (Wildman–Crippen MR) is 71.3 cm³/mol. The van der Waals surface area contributed by atoms with Crippen LogP contribution in [-0.4, -0.2) is 14.8 Å². The Kier molecular flexibility index (Phi) is 2.54. The number of benzene rings is 2. The number of aliphatic hydroxyl groups is 1. The van der Waals surface area contributed by atoms with E-state index in [2.05, 4.69) is 0 Å². The quantitative estimate of drug-likeness (QED) is 0.722. The highest BCUT2D eigenvalue weighted by Crippen LogP contribution is 2.31. The number of phenols is 1. The fraction of sp³-hybridized carbons (Fsp3) is 0.0667. The van der Waals surface area contributed by atoms with Crippen molar-refractivity contribution in [2.75, 3.05) is 0 Å². The summed E-state index contributed by atoms with van der Waals surface area (Å²) in [4.78, 5) is 0. The molecule has 3 aromatic rings. The maximum Gasteiger partial charge on any atom is 0.119 e. The van der Waals surface area contributed by atoms with E-state index >= 15 is 0 Å². The van der Waals surface area contributed by atoms with E-state index in [1.54, 1.807) is 16.7 Å². The summed E-state index contributed by atoms with van der Waals surface area (Å²) in [5.41, 5.74) is 3.08. The first-order valence-electron chi connectivity index (χ1n) is 5.78. The van der Waals surface area contributed by atoms with Gasteiger partial charge in [-0.15, -0.1) is 0 Å². The standard InChI is InChI=1S/C15H13NO2/c17-10-16-9-14(11-5-7-12(18)8-6-11)13-3-1-2-4-15(13)16/h1-9,17-18H,10H2. The Morgan fingerprint density at radius 2 is 1.67 bits per heavy atom. The zero-order valence-electron chi connectivity index (χ0n) is 9.74. The van der Waals surface area contributed by atoms with Gasteiger partial charge < -0.3 is 14.8 Å². The van der Waals surface area contributed by atoms with E-state index < -0.39 is 0 Å². The molecule has 0 fully saturated rings. The molecule has 0 atom stereocenters. The molecule has 3 nitrogen and oxygen atoms in total. The first-order chi connectivity index (χ1) is 8.79. The fourth-order valence-electron chi connectivity index (χ4n) is 2.23. The largest absolute Gasteiger partial charge is 0.508 e. The Bertz CT molecular complexity index is 683. The number of aromatic nitrogens is 1. The van der Waals surface area contributed by atoms with Crippen LogP contribution in [-0.2, 0) is 6.73 Å². The van der Waals surface area contributed by atoms with Gasteiger partial charge in [-0.3, -0.25) is 0 Å². The topological polar surface area (TPSA) is 45.4 Å².